The monoisotopic (exact) mass is 365 g/mol. The third-order valence-corrected chi connectivity index (χ3v) is 4.72. The fourth-order valence-corrected chi connectivity index (χ4v) is 3.28. The Morgan fingerprint density at radius 3 is 1.92 bits per heavy atom. The summed E-state index contributed by atoms with van der Waals surface area (Å²) in [5.74, 6) is 0. The number of nitrogens with zero attached hydrogens (tertiary/aromatic N) is 2. The van der Waals surface area contributed by atoms with Crippen LogP contribution in [0.2, 0.25) is 0 Å². The number of aromatic nitrogens is 4. The van der Waals surface area contributed by atoms with Gasteiger partial charge in [-0.3, -0.25) is 0 Å². The van der Waals surface area contributed by atoms with Gasteiger partial charge in [0, 0.05) is 0 Å². The summed E-state index contributed by atoms with van der Waals surface area (Å²) in [5, 5.41) is 0. The van der Waals surface area contributed by atoms with Crippen molar-refractivity contribution in [2.24, 2.45) is 0 Å². The van der Waals surface area contributed by atoms with Crippen LogP contribution in [0.15, 0.2) is 42.5 Å². The topological polar surface area (TPSA) is 57.4 Å². The Labute approximate surface area is 152 Å². The Hall–Kier alpha value is -2.88. The minimum atomic E-state index is 0.874. The summed E-state index contributed by atoms with van der Waals surface area (Å²) in [7, 11) is 0. The van der Waals surface area contributed by atoms with E-state index < -0.39 is 0 Å². The van der Waals surface area contributed by atoms with Gasteiger partial charge in [0.15, 0.2) is 0 Å². The van der Waals surface area contributed by atoms with Crippen molar-refractivity contribution < 1.29 is 16.0 Å². The van der Waals surface area contributed by atoms with Crippen LogP contribution < -0.4 is 4.46 Å². The predicted molar refractivity (Wildman–Crippen MR) is 98.5 cm³/mol. The second kappa shape index (κ2) is 5.59. The van der Waals surface area contributed by atoms with Crippen molar-refractivity contribution in [3.8, 4) is 0 Å². The maximum atomic E-state index is 4.67. The summed E-state index contributed by atoms with van der Waals surface area (Å²) in [5.41, 5.74) is 7.61. The van der Waals surface area contributed by atoms with E-state index in [1.165, 1.54) is 0 Å². The van der Waals surface area contributed by atoms with Crippen LogP contribution in [0.25, 0.3) is 46.4 Å². The van der Waals surface area contributed by atoms with Crippen molar-refractivity contribution in [3.05, 3.63) is 65.2 Å². The molecule has 0 aliphatic carbocycles. The van der Waals surface area contributed by atoms with Gasteiger partial charge in [-0.05, 0) is 0 Å². The molecule has 121 valence electrons. The second-order valence-corrected chi connectivity index (χ2v) is 6.53. The van der Waals surface area contributed by atoms with Crippen molar-refractivity contribution >= 4 is 50.8 Å². The van der Waals surface area contributed by atoms with Crippen LogP contribution in [-0.4, -0.2) is 19.9 Å². The van der Waals surface area contributed by atoms with E-state index in [9.17, 15) is 0 Å². The zero-order valence-electron chi connectivity index (χ0n) is 13.1. The molecule has 0 saturated carbocycles. The predicted octanol–water partition coefficient (Wildman–Crippen LogP) is 3.83. The van der Waals surface area contributed by atoms with Gasteiger partial charge in [0.2, 0.25) is 0 Å². The maximum absolute atomic E-state index is 4.67. The van der Waals surface area contributed by atoms with Gasteiger partial charge in [-0.1, -0.05) is 0 Å². The summed E-state index contributed by atoms with van der Waals surface area (Å²) < 4.78 is 0.878. The average molecular weight is 365 g/mol. The third kappa shape index (κ3) is 2.74. The van der Waals surface area contributed by atoms with E-state index >= 15 is 0 Å². The third-order valence-electron chi connectivity index (χ3n) is 4.14. The van der Waals surface area contributed by atoms with Crippen molar-refractivity contribution in [1.82, 2.24) is 19.9 Å². The number of hydrogen-bond acceptors (Lipinski definition) is 2. The molecular formula is C20H13FeN4. The fourth-order valence-electron chi connectivity index (χ4n) is 2.97. The van der Waals surface area contributed by atoms with E-state index in [-0.39, 0.29) is 0 Å². The molecule has 3 aromatic rings. The fraction of sp³-hybridized carbons (Fsp3) is 0. The van der Waals surface area contributed by atoms with Crippen molar-refractivity contribution in [3.63, 3.8) is 0 Å². The molecule has 2 aliphatic rings. The molecule has 5 heteroatoms. The van der Waals surface area contributed by atoms with Crippen LogP contribution in [0.3, 0.4) is 0 Å². The molecule has 0 spiro atoms. The Morgan fingerprint density at radius 1 is 0.640 bits per heavy atom. The molecule has 0 saturated heterocycles. The molecule has 0 atom stereocenters. The quantitative estimate of drug-likeness (QED) is 0.410. The molecule has 3 aromatic heterocycles. The molecule has 0 unspecified atom stereocenters. The Kier molecular flexibility index (Phi) is 3.23. The molecule has 0 radical (unpaired) electrons. The van der Waals surface area contributed by atoms with Gasteiger partial charge in [0.1, 0.15) is 0 Å². The number of H-pyrrole nitrogens is 2. The molecule has 0 aromatic carbocycles. The number of hydrogen-bond donors (Lipinski definition) is 2. The average Bonchev–Trinajstić information content (AvgIpc) is 3.36. The van der Waals surface area contributed by atoms with Gasteiger partial charge in [0.05, 0.1) is 0 Å². The van der Waals surface area contributed by atoms with Crippen LogP contribution in [0, 0.1) is 0 Å². The van der Waals surface area contributed by atoms with Crippen LogP contribution in [0.5, 0.6) is 0 Å². The molecule has 0 fully saturated rings. The second-order valence-electron chi connectivity index (χ2n) is 5.98. The van der Waals surface area contributed by atoms with Gasteiger partial charge >= 0.3 is 152 Å². The Balaban J connectivity index is 1.88. The summed E-state index contributed by atoms with van der Waals surface area (Å²) in [6.45, 7) is 0. The van der Waals surface area contributed by atoms with E-state index in [0.29, 0.717) is 0 Å². The van der Waals surface area contributed by atoms with Gasteiger partial charge in [-0.15, -0.1) is 0 Å². The van der Waals surface area contributed by atoms with Gasteiger partial charge < -0.3 is 0 Å². The zero-order chi connectivity index (χ0) is 16.8. The van der Waals surface area contributed by atoms with Crippen LogP contribution in [0.1, 0.15) is 22.8 Å². The van der Waals surface area contributed by atoms with Crippen molar-refractivity contribution in [1.29, 1.82) is 0 Å². The number of aromatic amines is 2. The SMILES string of the molecule is [Fe][c]1c2nc(cc3ccc(cc4nc(cc5ccc1[nH]5)C=C4)[nH]3)C=C2. The molecule has 4 nitrogen and oxygen atoms in total. The summed E-state index contributed by atoms with van der Waals surface area (Å²) in [6.07, 6.45) is 8.03. The van der Waals surface area contributed by atoms with E-state index in [1.807, 2.05) is 66.8 Å². The Bertz CT molecular complexity index is 1210. The first-order chi connectivity index (χ1) is 12.2. The minimum absolute atomic E-state index is 0.874. The first kappa shape index (κ1) is 14.5. The van der Waals surface area contributed by atoms with Crippen molar-refractivity contribution in [2.45, 2.75) is 0 Å². The first-order valence-corrected chi connectivity index (χ1v) is 8.50. The molecule has 5 rings (SSSR count). The standard InChI is InChI=1S/C20H13N4.Fe/c1-2-14-10-16-5-6-18(23-16)12-20-8-7-19(24-20)11-17-4-3-15(22-17)9-13(1)21-14;/h1-11,21,24H;. The molecule has 8 bridgehead atoms. The molecule has 2 aliphatic heterocycles. The molecule has 2 N–H and O–H groups in total. The first-order valence-electron chi connectivity index (χ1n) is 7.95. The number of nitrogens with one attached hydrogen (secondary N) is 2. The molecule has 25 heavy (non-hydrogen) atoms. The molecular weight excluding hydrogens is 352 g/mol. The summed E-state index contributed by atoms with van der Waals surface area (Å²) in [6, 6.07) is 14.2. The zero-order valence-corrected chi connectivity index (χ0v) is 14.2. The van der Waals surface area contributed by atoms with Crippen LogP contribution in [0.4, 0.5) is 0 Å². The summed E-state index contributed by atoms with van der Waals surface area (Å²) in [4.78, 5) is 16.1. The van der Waals surface area contributed by atoms with Gasteiger partial charge in [-0.2, -0.15) is 0 Å². The molecule has 5 heterocycles. The van der Waals surface area contributed by atoms with Gasteiger partial charge in [-0.25, -0.2) is 0 Å². The van der Waals surface area contributed by atoms with Gasteiger partial charge in [0.25, 0.3) is 0 Å². The van der Waals surface area contributed by atoms with E-state index in [2.05, 4.69) is 35.9 Å². The van der Waals surface area contributed by atoms with E-state index in [1.54, 1.807) is 0 Å². The Morgan fingerprint density at radius 2 is 1.20 bits per heavy atom. The number of fused-ring (bicyclic) bond motifs is 8. The van der Waals surface area contributed by atoms with Crippen LogP contribution in [-0.2, 0) is 16.0 Å². The van der Waals surface area contributed by atoms with E-state index in [4.69, 9.17) is 0 Å². The van der Waals surface area contributed by atoms with Crippen LogP contribution >= 0.6 is 0 Å². The van der Waals surface area contributed by atoms with E-state index in [0.717, 1.165) is 49.3 Å². The number of rotatable bonds is 0. The normalized spacial score (nSPS) is 12.7. The molecule has 0 amide bonds. The van der Waals surface area contributed by atoms with Crippen molar-refractivity contribution in [2.75, 3.05) is 0 Å². The summed E-state index contributed by atoms with van der Waals surface area (Å²) >= 11 is 4.19.